The second-order valence-corrected chi connectivity index (χ2v) is 6.58. The first-order chi connectivity index (χ1) is 14.6. The molecule has 1 aliphatic heterocycles. The Bertz CT molecular complexity index is 1120. The van der Waals surface area contributed by atoms with Gasteiger partial charge < -0.3 is 14.3 Å². The molecule has 13 heteroatoms. The van der Waals surface area contributed by atoms with Gasteiger partial charge in [0.1, 0.15) is 5.82 Å². The Morgan fingerprint density at radius 1 is 1.35 bits per heavy atom. The number of esters is 1. The van der Waals surface area contributed by atoms with Crippen molar-refractivity contribution in [1.29, 1.82) is 0 Å². The van der Waals surface area contributed by atoms with Crippen LogP contribution in [0.5, 0.6) is 6.01 Å². The SMILES string of the molecule is CCOC(=O)C1CC(c2cc(-n3c(OC)nc(C(F)(F)F)cc3=O)c(F)cc2Cl)=NO1. The number of benzene rings is 1. The maximum atomic E-state index is 14.6. The van der Waals surface area contributed by atoms with Crippen LogP contribution in [-0.4, -0.2) is 41.1 Å². The molecule has 2 aromatic rings. The number of alkyl halides is 3. The number of halogens is 5. The van der Waals surface area contributed by atoms with Crippen molar-refractivity contribution >= 4 is 23.3 Å². The van der Waals surface area contributed by atoms with Gasteiger partial charge in [0.05, 0.1) is 30.1 Å². The van der Waals surface area contributed by atoms with Gasteiger partial charge in [-0.3, -0.25) is 4.79 Å². The normalized spacial score (nSPS) is 16.0. The average molecular weight is 464 g/mol. The first-order valence-electron chi connectivity index (χ1n) is 8.71. The van der Waals surface area contributed by atoms with Crippen LogP contribution in [0.15, 0.2) is 28.1 Å². The van der Waals surface area contributed by atoms with Gasteiger partial charge in [0.2, 0.25) is 6.10 Å². The minimum Gasteiger partial charge on any atom is -0.468 e. The molecule has 0 aliphatic carbocycles. The first kappa shape index (κ1) is 22.5. The fourth-order valence-electron chi connectivity index (χ4n) is 2.79. The molecule has 2 heterocycles. The number of carbonyl (C=O) groups excluding carboxylic acids is 1. The molecule has 3 rings (SSSR count). The zero-order chi connectivity index (χ0) is 22.9. The Hall–Kier alpha value is -3.15. The van der Waals surface area contributed by atoms with E-state index in [0.29, 0.717) is 4.57 Å². The summed E-state index contributed by atoms with van der Waals surface area (Å²) in [5, 5.41) is 3.63. The fourth-order valence-corrected chi connectivity index (χ4v) is 3.05. The van der Waals surface area contributed by atoms with E-state index in [9.17, 15) is 27.2 Å². The zero-order valence-electron chi connectivity index (χ0n) is 16.0. The van der Waals surface area contributed by atoms with Crippen molar-refractivity contribution in [3.8, 4) is 11.7 Å². The molecule has 166 valence electrons. The Morgan fingerprint density at radius 3 is 2.68 bits per heavy atom. The Labute approximate surface area is 177 Å². The Kier molecular flexibility index (Phi) is 6.20. The molecule has 1 unspecified atom stereocenters. The van der Waals surface area contributed by atoms with Crippen molar-refractivity contribution in [3.63, 3.8) is 0 Å². The summed E-state index contributed by atoms with van der Waals surface area (Å²) in [6.07, 6.45) is -6.00. The predicted molar refractivity (Wildman–Crippen MR) is 99.0 cm³/mol. The van der Waals surface area contributed by atoms with Crippen LogP contribution in [-0.2, 0) is 20.5 Å². The third-order valence-corrected chi connectivity index (χ3v) is 4.48. The molecule has 1 aromatic heterocycles. The highest BCUT2D eigenvalue weighted by Crippen LogP contribution is 2.31. The van der Waals surface area contributed by atoms with E-state index in [-0.39, 0.29) is 35.4 Å². The molecule has 0 fully saturated rings. The topological polar surface area (TPSA) is 92.0 Å². The minimum absolute atomic E-state index is 0.0546. The lowest BCUT2D eigenvalue weighted by Crippen LogP contribution is -2.26. The third kappa shape index (κ3) is 4.48. The Morgan fingerprint density at radius 2 is 2.06 bits per heavy atom. The second-order valence-electron chi connectivity index (χ2n) is 6.17. The van der Waals surface area contributed by atoms with Crippen molar-refractivity contribution in [2.75, 3.05) is 13.7 Å². The third-order valence-electron chi connectivity index (χ3n) is 4.17. The van der Waals surface area contributed by atoms with E-state index < -0.39 is 47.0 Å². The van der Waals surface area contributed by atoms with Gasteiger partial charge in [-0.1, -0.05) is 16.8 Å². The number of oxime groups is 1. The molecule has 0 saturated carbocycles. The monoisotopic (exact) mass is 463 g/mol. The maximum absolute atomic E-state index is 14.6. The molecule has 0 radical (unpaired) electrons. The van der Waals surface area contributed by atoms with E-state index >= 15 is 0 Å². The Balaban J connectivity index is 2.07. The molecular formula is C18H14ClF4N3O5. The molecule has 8 nitrogen and oxygen atoms in total. The van der Waals surface area contributed by atoms with E-state index in [0.717, 1.165) is 19.2 Å². The summed E-state index contributed by atoms with van der Waals surface area (Å²) in [4.78, 5) is 32.5. The number of hydrogen-bond acceptors (Lipinski definition) is 7. The van der Waals surface area contributed by atoms with E-state index in [2.05, 4.69) is 10.1 Å². The molecule has 0 amide bonds. The summed E-state index contributed by atoms with van der Waals surface area (Å²) in [5.41, 5.74) is -2.97. The van der Waals surface area contributed by atoms with Crippen LogP contribution in [0.4, 0.5) is 17.6 Å². The van der Waals surface area contributed by atoms with Crippen LogP contribution in [0.3, 0.4) is 0 Å². The van der Waals surface area contributed by atoms with Gasteiger partial charge >= 0.3 is 18.2 Å². The quantitative estimate of drug-likeness (QED) is 0.500. The van der Waals surface area contributed by atoms with Gasteiger partial charge in [-0.15, -0.1) is 0 Å². The average Bonchev–Trinajstić information content (AvgIpc) is 3.17. The van der Waals surface area contributed by atoms with Gasteiger partial charge in [-0.25, -0.2) is 13.8 Å². The number of ether oxygens (including phenoxy) is 2. The zero-order valence-corrected chi connectivity index (χ0v) is 16.8. The largest absolute Gasteiger partial charge is 0.468 e. The molecule has 1 aliphatic rings. The number of methoxy groups -OCH3 is 1. The van der Waals surface area contributed by atoms with Gasteiger partial charge in [-0.05, 0) is 19.1 Å². The molecule has 0 saturated heterocycles. The molecule has 0 N–H and O–H groups in total. The van der Waals surface area contributed by atoms with Crippen LogP contribution in [0.2, 0.25) is 5.02 Å². The number of rotatable bonds is 5. The molecule has 1 aromatic carbocycles. The van der Waals surface area contributed by atoms with E-state index in [4.69, 9.17) is 25.9 Å². The van der Waals surface area contributed by atoms with Crippen LogP contribution in [0.25, 0.3) is 5.69 Å². The van der Waals surface area contributed by atoms with Gasteiger partial charge in [0.15, 0.2) is 5.69 Å². The summed E-state index contributed by atoms with van der Waals surface area (Å²) in [6, 6.07) is 1.34. The smallest absolute Gasteiger partial charge is 0.433 e. The van der Waals surface area contributed by atoms with Crippen LogP contribution < -0.4 is 10.3 Å². The van der Waals surface area contributed by atoms with Crippen molar-refractivity contribution in [3.05, 3.63) is 50.7 Å². The van der Waals surface area contributed by atoms with Crippen molar-refractivity contribution in [2.24, 2.45) is 5.16 Å². The number of carbonyl (C=O) groups is 1. The summed E-state index contributed by atoms with van der Waals surface area (Å²) in [7, 11) is 0.978. The van der Waals surface area contributed by atoms with E-state index in [1.807, 2.05) is 0 Å². The highest BCUT2D eigenvalue weighted by Gasteiger charge is 2.35. The predicted octanol–water partition coefficient (Wildman–Crippen LogP) is 3.11. The van der Waals surface area contributed by atoms with E-state index in [1.54, 1.807) is 6.92 Å². The van der Waals surface area contributed by atoms with Crippen LogP contribution in [0, 0.1) is 5.82 Å². The molecular weight excluding hydrogens is 450 g/mol. The molecule has 31 heavy (non-hydrogen) atoms. The summed E-state index contributed by atoms with van der Waals surface area (Å²) in [5.74, 6) is -1.69. The minimum atomic E-state index is -4.91. The molecule has 0 spiro atoms. The molecule has 0 bridgehead atoms. The standard InChI is InChI=1S/C18H14ClF4N3O5/c1-3-30-16(28)13-6-11(25-31-13)8-4-12(10(20)5-9(8)19)26-15(27)7-14(18(21,22)23)24-17(26)29-2/h4-5,7,13H,3,6H2,1-2H3. The van der Waals surface area contributed by atoms with Crippen LogP contribution >= 0.6 is 11.6 Å². The number of hydrogen-bond donors (Lipinski definition) is 0. The van der Waals surface area contributed by atoms with Crippen molar-refractivity contribution in [2.45, 2.75) is 25.6 Å². The lowest BCUT2D eigenvalue weighted by atomic mass is 10.0. The fraction of sp³-hybridized carbons (Fsp3) is 0.333. The highest BCUT2D eigenvalue weighted by molar-refractivity contribution is 6.34. The maximum Gasteiger partial charge on any atom is 0.433 e. The number of nitrogens with zero attached hydrogens (tertiary/aromatic N) is 3. The van der Waals surface area contributed by atoms with Crippen molar-refractivity contribution in [1.82, 2.24) is 9.55 Å². The molecule has 1 atom stereocenters. The van der Waals surface area contributed by atoms with Crippen molar-refractivity contribution < 1.29 is 36.7 Å². The second kappa shape index (κ2) is 8.53. The van der Waals surface area contributed by atoms with Gasteiger partial charge in [-0.2, -0.15) is 18.2 Å². The lowest BCUT2D eigenvalue weighted by Gasteiger charge is -2.15. The lowest BCUT2D eigenvalue weighted by molar-refractivity contribution is -0.154. The van der Waals surface area contributed by atoms with Gasteiger partial charge in [0.25, 0.3) is 5.56 Å². The summed E-state index contributed by atoms with van der Waals surface area (Å²) >= 11 is 6.08. The number of aromatic nitrogens is 2. The summed E-state index contributed by atoms with van der Waals surface area (Å²) < 4.78 is 63.6. The summed E-state index contributed by atoms with van der Waals surface area (Å²) in [6.45, 7) is 1.74. The first-order valence-corrected chi connectivity index (χ1v) is 9.09. The highest BCUT2D eigenvalue weighted by atomic mass is 35.5. The van der Waals surface area contributed by atoms with Gasteiger partial charge in [0, 0.05) is 18.1 Å². The van der Waals surface area contributed by atoms with Crippen LogP contribution in [0.1, 0.15) is 24.6 Å². The van der Waals surface area contributed by atoms with E-state index in [1.165, 1.54) is 0 Å².